The van der Waals surface area contributed by atoms with E-state index in [9.17, 15) is 0 Å². The minimum atomic E-state index is 0.427. The lowest BCUT2D eigenvalue weighted by Gasteiger charge is -2.09. The van der Waals surface area contributed by atoms with Crippen LogP contribution in [0.4, 0.5) is 0 Å². The Kier molecular flexibility index (Phi) is 3.83. The monoisotopic (exact) mass is 231 g/mol. The maximum atomic E-state index is 5.77. The van der Waals surface area contributed by atoms with Gasteiger partial charge in [-0.1, -0.05) is 25.1 Å². The molecule has 0 bridgehead atoms. The number of aryl methyl sites for hydroxylation is 1. The Morgan fingerprint density at radius 2 is 2.00 bits per heavy atom. The molecular weight excluding hydrogens is 214 g/mol. The molecule has 2 aromatic rings. The zero-order valence-corrected chi connectivity index (χ0v) is 9.98. The molecule has 3 nitrogen and oxygen atoms in total. The summed E-state index contributed by atoms with van der Waals surface area (Å²) >= 11 is 0. The van der Waals surface area contributed by atoms with Crippen molar-refractivity contribution < 1.29 is 9.15 Å². The van der Waals surface area contributed by atoms with E-state index in [0.717, 1.165) is 23.5 Å². The first-order valence-electron chi connectivity index (χ1n) is 5.81. The highest BCUT2D eigenvalue weighted by Crippen LogP contribution is 2.20. The summed E-state index contributed by atoms with van der Waals surface area (Å²) < 4.78 is 11.1. The van der Waals surface area contributed by atoms with Gasteiger partial charge in [-0.3, -0.25) is 0 Å². The average Bonchev–Trinajstić information content (AvgIpc) is 2.84. The van der Waals surface area contributed by atoms with Gasteiger partial charge in [0.2, 0.25) is 0 Å². The van der Waals surface area contributed by atoms with Gasteiger partial charge in [-0.05, 0) is 24.1 Å². The fourth-order valence-corrected chi connectivity index (χ4v) is 1.76. The number of benzene rings is 1. The van der Waals surface area contributed by atoms with Gasteiger partial charge >= 0.3 is 0 Å². The van der Waals surface area contributed by atoms with Crippen molar-refractivity contribution in [1.82, 2.24) is 0 Å². The first-order valence-corrected chi connectivity index (χ1v) is 5.81. The van der Waals surface area contributed by atoms with Crippen molar-refractivity contribution in [3.05, 3.63) is 53.5 Å². The predicted octanol–water partition coefficient (Wildman–Crippen LogP) is 2.88. The molecule has 0 amide bonds. The summed E-state index contributed by atoms with van der Waals surface area (Å²) in [6.07, 6.45) is 2.60. The van der Waals surface area contributed by atoms with Crippen LogP contribution in [0.15, 0.2) is 41.0 Å². The fraction of sp³-hybridized carbons (Fsp3) is 0.286. The number of hydrogen-bond acceptors (Lipinski definition) is 3. The van der Waals surface area contributed by atoms with E-state index in [1.807, 2.05) is 24.3 Å². The van der Waals surface area contributed by atoms with E-state index in [2.05, 4.69) is 13.0 Å². The van der Waals surface area contributed by atoms with Gasteiger partial charge in [0.1, 0.15) is 18.1 Å². The van der Waals surface area contributed by atoms with Crippen LogP contribution < -0.4 is 10.5 Å². The minimum Gasteiger partial charge on any atom is -0.485 e. The van der Waals surface area contributed by atoms with Gasteiger partial charge in [-0.2, -0.15) is 0 Å². The Balaban J connectivity index is 2.07. The first-order chi connectivity index (χ1) is 8.35. The Bertz CT molecular complexity index is 477. The molecule has 0 radical (unpaired) electrons. The molecule has 0 unspecified atom stereocenters. The van der Waals surface area contributed by atoms with Gasteiger partial charge in [0, 0.05) is 12.1 Å². The molecule has 0 fully saturated rings. The number of para-hydroxylation sites is 1. The molecule has 17 heavy (non-hydrogen) atoms. The van der Waals surface area contributed by atoms with Gasteiger partial charge in [0.25, 0.3) is 0 Å². The highest BCUT2D eigenvalue weighted by Gasteiger charge is 2.07. The fourth-order valence-electron chi connectivity index (χ4n) is 1.76. The topological polar surface area (TPSA) is 48.4 Å². The van der Waals surface area contributed by atoms with Crippen LogP contribution in [0.3, 0.4) is 0 Å². The van der Waals surface area contributed by atoms with Crippen molar-refractivity contribution in [1.29, 1.82) is 0 Å². The van der Waals surface area contributed by atoms with Gasteiger partial charge in [0.05, 0.1) is 6.26 Å². The van der Waals surface area contributed by atoms with Gasteiger partial charge in [-0.15, -0.1) is 0 Å². The Morgan fingerprint density at radius 3 is 2.76 bits per heavy atom. The molecule has 3 heteroatoms. The molecule has 2 N–H and O–H groups in total. The molecule has 1 aromatic carbocycles. The van der Waals surface area contributed by atoms with Crippen LogP contribution in [0, 0.1) is 0 Å². The molecule has 0 aliphatic carbocycles. The predicted molar refractivity (Wildman–Crippen MR) is 66.8 cm³/mol. The van der Waals surface area contributed by atoms with E-state index < -0.39 is 0 Å². The molecule has 1 heterocycles. The zero-order valence-electron chi connectivity index (χ0n) is 9.98. The second kappa shape index (κ2) is 5.55. The van der Waals surface area contributed by atoms with Crippen molar-refractivity contribution in [2.75, 3.05) is 0 Å². The van der Waals surface area contributed by atoms with E-state index in [4.69, 9.17) is 14.9 Å². The third-order valence-electron chi connectivity index (χ3n) is 2.77. The van der Waals surface area contributed by atoms with Crippen LogP contribution in [0.5, 0.6) is 5.75 Å². The first kappa shape index (κ1) is 11.7. The van der Waals surface area contributed by atoms with E-state index >= 15 is 0 Å². The van der Waals surface area contributed by atoms with Crippen molar-refractivity contribution >= 4 is 0 Å². The maximum Gasteiger partial charge on any atom is 0.146 e. The van der Waals surface area contributed by atoms with E-state index in [1.54, 1.807) is 6.26 Å². The number of furan rings is 1. The summed E-state index contributed by atoms with van der Waals surface area (Å²) in [5.41, 5.74) is 7.81. The van der Waals surface area contributed by atoms with Crippen LogP contribution in [-0.2, 0) is 19.6 Å². The van der Waals surface area contributed by atoms with Gasteiger partial charge in [-0.25, -0.2) is 0 Å². The summed E-state index contributed by atoms with van der Waals surface area (Å²) in [5, 5.41) is 0. The lowest BCUT2D eigenvalue weighted by molar-refractivity contribution is 0.266. The van der Waals surface area contributed by atoms with Crippen molar-refractivity contribution in [3.8, 4) is 5.75 Å². The smallest absolute Gasteiger partial charge is 0.146 e. The Morgan fingerprint density at radius 1 is 1.18 bits per heavy atom. The number of rotatable bonds is 5. The summed E-state index contributed by atoms with van der Waals surface area (Å²) in [6.45, 7) is 3.02. The largest absolute Gasteiger partial charge is 0.485 e. The summed E-state index contributed by atoms with van der Waals surface area (Å²) in [4.78, 5) is 0. The quantitative estimate of drug-likeness (QED) is 0.860. The Hall–Kier alpha value is -1.74. The second-order valence-electron chi connectivity index (χ2n) is 3.82. The number of hydrogen-bond donors (Lipinski definition) is 1. The molecule has 0 aliphatic rings. The van der Waals surface area contributed by atoms with E-state index in [0.29, 0.717) is 13.2 Å². The van der Waals surface area contributed by atoms with Crippen molar-refractivity contribution in [2.24, 2.45) is 5.73 Å². The standard InChI is InChI=1S/C14H17NO2/c1-2-11-5-3-4-6-13(11)17-10-14-12(9-15)7-8-16-14/h3-8H,2,9-10,15H2,1H3. The molecule has 0 saturated heterocycles. The molecule has 0 saturated carbocycles. The van der Waals surface area contributed by atoms with Crippen LogP contribution >= 0.6 is 0 Å². The molecule has 0 atom stereocenters. The summed E-state index contributed by atoms with van der Waals surface area (Å²) in [6, 6.07) is 9.92. The molecule has 0 spiro atoms. The minimum absolute atomic E-state index is 0.427. The number of ether oxygens (including phenoxy) is 1. The summed E-state index contributed by atoms with van der Waals surface area (Å²) in [5.74, 6) is 1.72. The van der Waals surface area contributed by atoms with Crippen LogP contribution in [0.1, 0.15) is 23.8 Å². The van der Waals surface area contributed by atoms with E-state index in [-0.39, 0.29) is 0 Å². The second-order valence-corrected chi connectivity index (χ2v) is 3.82. The third kappa shape index (κ3) is 2.68. The van der Waals surface area contributed by atoms with Gasteiger partial charge in [0.15, 0.2) is 0 Å². The van der Waals surface area contributed by atoms with Crippen molar-refractivity contribution in [2.45, 2.75) is 26.5 Å². The molecule has 2 rings (SSSR count). The highest BCUT2D eigenvalue weighted by atomic mass is 16.5. The molecule has 1 aromatic heterocycles. The van der Waals surface area contributed by atoms with Crippen LogP contribution in [-0.4, -0.2) is 0 Å². The molecular formula is C14H17NO2. The van der Waals surface area contributed by atoms with Crippen molar-refractivity contribution in [3.63, 3.8) is 0 Å². The zero-order chi connectivity index (χ0) is 12.1. The SMILES string of the molecule is CCc1ccccc1OCc1occc1CN. The third-order valence-corrected chi connectivity index (χ3v) is 2.77. The van der Waals surface area contributed by atoms with Gasteiger partial charge < -0.3 is 14.9 Å². The average molecular weight is 231 g/mol. The molecule has 0 aliphatic heterocycles. The molecule has 90 valence electrons. The lowest BCUT2D eigenvalue weighted by Crippen LogP contribution is -2.02. The van der Waals surface area contributed by atoms with Crippen LogP contribution in [0.25, 0.3) is 0 Å². The maximum absolute atomic E-state index is 5.77. The van der Waals surface area contributed by atoms with Crippen LogP contribution in [0.2, 0.25) is 0 Å². The lowest BCUT2D eigenvalue weighted by atomic mass is 10.1. The normalized spacial score (nSPS) is 10.5. The number of nitrogens with two attached hydrogens (primary N) is 1. The highest BCUT2D eigenvalue weighted by molar-refractivity contribution is 5.33. The Labute approximate surface area is 101 Å². The summed E-state index contributed by atoms with van der Waals surface area (Å²) in [7, 11) is 0. The van der Waals surface area contributed by atoms with E-state index in [1.165, 1.54) is 5.56 Å².